The lowest BCUT2D eigenvalue weighted by molar-refractivity contribution is 0.101. The Balaban J connectivity index is 1.06. The molecule has 5 heterocycles. The molecular formula is C33H37N7O2. The molecule has 0 spiro atoms. The SMILES string of the molecule is CC(=O)c1c(C)c2cnc(Nc3ccc(N4CC5CN(Cc6ccccc6)CC5C4)cn3)nc2n(C2CCCC2)c1=O. The molecule has 0 radical (unpaired) electrons. The zero-order chi connectivity index (χ0) is 28.8. The van der Waals surface area contributed by atoms with E-state index in [2.05, 4.69) is 61.5 Å². The van der Waals surface area contributed by atoms with Crippen LogP contribution in [0.25, 0.3) is 11.0 Å². The molecule has 3 aromatic heterocycles. The summed E-state index contributed by atoms with van der Waals surface area (Å²) in [5.41, 5.74) is 3.73. The van der Waals surface area contributed by atoms with Gasteiger partial charge in [-0.25, -0.2) is 9.97 Å². The first-order valence-electron chi connectivity index (χ1n) is 15.1. The zero-order valence-electron chi connectivity index (χ0n) is 24.3. The number of pyridine rings is 2. The van der Waals surface area contributed by atoms with Crippen molar-refractivity contribution < 1.29 is 4.79 Å². The van der Waals surface area contributed by atoms with E-state index in [0.717, 1.165) is 69.5 Å². The van der Waals surface area contributed by atoms with Crippen molar-refractivity contribution in [3.05, 3.63) is 81.9 Å². The average Bonchev–Trinajstić information content (AvgIpc) is 3.72. The average molecular weight is 564 g/mol. The summed E-state index contributed by atoms with van der Waals surface area (Å²) in [6, 6.07) is 14.9. The number of hydrogen-bond donors (Lipinski definition) is 1. The maximum atomic E-state index is 13.5. The number of hydrogen-bond acceptors (Lipinski definition) is 8. The number of aryl methyl sites for hydroxylation is 1. The molecule has 0 bridgehead atoms. The third kappa shape index (κ3) is 4.96. The van der Waals surface area contributed by atoms with Gasteiger partial charge in [-0.2, -0.15) is 4.98 Å². The highest BCUT2D eigenvalue weighted by molar-refractivity contribution is 5.99. The van der Waals surface area contributed by atoms with Gasteiger partial charge in [0.15, 0.2) is 5.78 Å². The Morgan fingerprint density at radius 1 is 0.952 bits per heavy atom. The minimum atomic E-state index is -0.245. The molecule has 1 aromatic carbocycles. The number of nitrogens with zero attached hydrogens (tertiary/aromatic N) is 6. The monoisotopic (exact) mass is 563 g/mol. The highest BCUT2D eigenvalue weighted by atomic mass is 16.1. The summed E-state index contributed by atoms with van der Waals surface area (Å²) in [6.07, 6.45) is 7.60. The van der Waals surface area contributed by atoms with Crippen LogP contribution in [0.1, 0.15) is 60.1 Å². The standard InChI is InChI=1S/C33H37N7O2/c1-21-28-15-35-33(37-31(28)40(26-10-6-7-11-26)32(42)30(21)22(2)41)36-29-13-12-27(14-34-29)39-19-24-17-38(18-25(24)20-39)16-23-8-4-3-5-9-23/h3-5,8-9,12-15,24-26H,6-7,10-11,16-20H2,1-2H3,(H,34,35,36,37). The van der Waals surface area contributed by atoms with Gasteiger partial charge >= 0.3 is 0 Å². The Morgan fingerprint density at radius 3 is 2.36 bits per heavy atom. The molecular weight excluding hydrogens is 526 g/mol. The summed E-state index contributed by atoms with van der Waals surface area (Å²) in [5, 5.41) is 3.97. The summed E-state index contributed by atoms with van der Waals surface area (Å²) in [7, 11) is 0. The van der Waals surface area contributed by atoms with Crippen LogP contribution in [0.5, 0.6) is 0 Å². The van der Waals surface area contributed by atoms with Gasteiger partial charge < -0.3 is 10.2 Å². The first kappa shape index (κ1) is 26.8. The van der Waals surface area contributed by atoms with Gasteiger partial charge in [0.2, 0.25) is 5.95 Å². The number of nitrogens with one attached hydrogen (secondary N) is 1. The first-order chi connectivity index (χ1) is 20.4. The van der Waals surface area contributed by atoms with Crippen molar-refractivity contribution in [2.45, 2.75) is 52.1 Å². The first-order valence-corrected chi connectivity index (χ1v) is 15.1. The van der Waals surface area contributed by atoms with Crippen molar-refractivity contribution in [3.8, 4) is 0 Å². The van der Waals surface area contributed by atoms with E-state index < -0.39 is 0 Å². The van der Waals surface area contributed by atoms with E-state index in [1.165, 1.54) is 12.5 Å². The van der Waals surface area contributed by atoms with Crippen molar-refractivity contribution in [1.82, 2.24) is 24.4 Å². The number of carbonyl (C=O) groups excluding carboxylic acids is 1. The molecule has 1 N–H and O–H groups in total. The maximum Gasteiger partial charge on any atom is 0.263 e. The van der Waals surface area contributed by atoms with Crippen molar-refractivity contribution in [3.63, 3.8) is 0 Å². The molecule has 9 nitrogen and oxygen atoms in total. The lowest BCUT2D eigenvalue weighted by Gasteiger charge is -2.23. The summed E-state index contributed by atoms with van der Waals surface area (Å²) in [6.45, 7) is 8.68. The second kappa shape index (κ2) is 10.9. The van der Waals surface area contributed by atoms with E-state index in [-0.39, 0.29) is 22.9 Å². The van der Waals surface area contributed by atoms with Crippen LogP contribution >= 0.6 is 0 Å². The van der Waals surface area contributed by atoms with Gasteiger partial charge in [-0.1, -0.05) is 43.2 Å². The van der Waals surface area contributed by atoms with Crippen molar-refractivity contribution in [2.24, 2.45) is 11.8 Å². The van der Waals surface area contributed by atoms with Crippen LogP contribution in [-0.2, 0) is 6.54 Å². The third-order valence-electron chi connectivity index (χ3n) is 9.41. The molecule has 42 heavy (non-hydrogen) atoms. The van der Waals surface area contributed by atoms with Gasteiger partial charge in [0.05, 0.1) is 17.4 Å². The fourth-order valence-corrected chi connectivity index (χ4v) is 7.34. The van der Waals surface area contributed by atoms with Gasteiger partial charge in [0.1, 0.15) is 11.5 Å². The minimum absolute atomic E-state index is 0.0456. The lowest BCUT2D eigenvalue weighted by Crippen LogP contribution is -2.30. The van der Waals surface area contributed by atoms with Gasteiger partial charge in [-0.15, -0.1) is 0 Å². The maximum absolute atomic E-state index is 13.5. The highest BCUT2D eigenvalue weighted by Crippen LogP contribution is 2.35. The van der Waals surface area contributed by atoms with Crippen LogP contribution in [0.15, 0.2) is 59.7 Å². The molecule has 0 amide bonds. The summed E-state index contributed by atoms with van der Waals surface area (Å²) < 4.78 is 1.74. The molecule has 2 unspecified atom stereocenters. The van der Waals surface area contributed by atoms with Gasteiger partial charge in [0.25, 0.3) is 5.56 Å². The molecule has 9 heteroatoms. The number of likely N-dealkylation sites (tertiary alicyclic amines) is 1. The van der Waals surface area contributed by atoms with Gasteiger partial charge in [-0.3, -0.25) is 19.1 Å². The number of anilines is 3. The van der Waals surface area contributed by atoms with E-state index in [9.17, 15) is 9.59 Å². The van der Waals surface area contributed by atoms with Gasteiger partial charge in [-0.05, 0) is 61.8 Å². The van der Waals surface area contributed by atoms with Crippen LogP contribution in [0.2, 0.25) is 0 Å². The number of rotatable bonds is 7. The fraction of sp³-hybridized carbons (Fsp3) is 0.424. The predicted octanol–water partition coefficient (Wildman–Crippen LogP) is 5.12. The molecule has 216 valence electrons. The fourth-order valence-electron chi connectivity index (χ4n) is 7.34. The van der Waals surface area contributed by atoms with Gasteiger partial charge in [0, 0.05) is 50.3 Å². The number of benzene rings is 1. The lowest BCUT2D eigenvalue weighted by atomic mass is 10.0. The third-order valence-corrected chi connectivity index (χ3v) is 9.41. The normalized spacial score (nSPS) is 20.9. The quantitative estimate of drug-likeness (QED) is 0.310. The summed E-state index contributed by atoms with van der Waals surface area (Å²) in [5.74, 6) is 2.18. The second-order valence-corrected chi connectivity index (χ2v) is 12.2. The molecule has 3 aliphatic rings. The molecule has 3 fully saturated rings. The Kier molecular flexibility index (Phi) is 6.98. The molecule has 2 saturated heterocycles. The molecule has 1 saturated carbocycles. The van der Waals surface area contributed by atoms with Crippen LogP contribution in [0, 0.1) is 18.8 Å². The molecule has 4 aromatic rings. The molecule has 1 aliphatic carbocycles. The Labute approximate surface area is 245 Å². The van der Waals surface area contributed by atoms with Crippen molar-refractivity contribution >= 4 is 34.3 Å². The molecule has 2 atom stereocenters. The predicted molar refractivity (Wildman–Crippen MR) is 164 cm³/mol. The largest absolute Gasteiger partial charge is 0.370 e. The van der Waals surface area contributed by atoms with E-state index in [0.29, 0.717) is 34.8 Å². The van der Waals surface area contributed by atoms with Crippen LogP contribution in [0.3, 0.4) is 0 Å². The molecule has 2 aliphatic heterocycles. The van der Waals surface area contributed by atoms with E-state index in [4.69, 9.17) is 4.98 Å². The van der Waals surface area contributed by atoms with Crippen LogP contribution < -0.4 is 15.8 Å². The highest BCUT2D eigenvalue weighted by Gasteiger charge is 2.40. The van der Waals surface area contributed by atoms with Crippen molar-refractivity contribution in [1.29, 1.82) is 0 Å². The zero-order valence-corrected chi connectivity index (χ0v) is 24.3. The second-order valence-electron chi connectivity index (χ2n) is 12.2. The number of aromatic nitrogens is 4. The Hall–Kier alpha value is -4.11. The van der Waals surface area contributed by atoms with E-state index in [1.807, 2.05) is 19.2 Å². The van der Waals surface area contributed by atoms with Crippen molar-refractivity contribution in [2.75, 3.05) is 36.4 Å². The Bertz CT molecular complexity index is 1670. The molecule has 7 rings (SSSR count). The topological polar surface area (TPSA) is 96.2 Å². The number of ketones is 1. The number of fused-ring (bicyclic) bond motifs is 2. The number of carbonyl (C=O) groups is 1. The summed E-state index contributed by atoms with van der Waals surface area (Å²) in [4.78, 5) is 44.9. The minimum Gasteiger partial charge on any atom is -0.370 e. The Morgan fingerprint density at radius 2 is 1.69 bits per heavy atom. The number of Topliss-reactive ketones (excluding diaryl/α,β-unsaturated/α-hetero) is 1. The van der Waals surface area contributed by atoms with Crippen LogP contribution in [0.4, 0.5) is 17.5 Å². The smallest absolute Gasteiger partial charge is 0.263 e. The van der Waals surface area contributed by atoms with E-state index in [1.54, 1.807) is 10.8 Å². The summed E-state index contributed by atoms with van der Waals surface area (Å²) >= 11 is 0. The van der Waals surface area contributed by atoms with Crippen LogP contribution in [-0.4, -0.2) is 56.4 Å². The van der Waals surface area contributed by atoms with E-state index >= 15 is 0 Å².